The van der Waals surface area contributed by atoms with E-state index in [2.05, 4.69) is 12.2 Å². The second-order valence-electron chi connectivity index (χ2n) is 3.72. The van der Waals surface area contributed by atoms with Gasteiger partial charge < -0.3 is 5.32 Å². The molecule has 0 saturated carbocycles. The van der Waals surface area contributed by atoms with Crippen LogP contribution in [0.3, 0.4) is 0 Å². The Morgan fingerprint density at radius 1 is 1.38 bits per heavy atom. The molecule has 0 bridgehead atoms. The topological polar surface area (TPSA) is 12.0 Å². The first kappa shape index (κ1) is 8.70. The van der Waals surface area contributed by atoms with Gasteiger partial charge in [0.05, 0.1) is 0 Å². The molecule has 1 N–H and O–H groups in total. The SMILES string of the molecule is C[C@@H]1CCN[C@H]1c1ccccc1F. The van der Waals surface area contributed by atoms with E-state index in [0.29, 0.717) is 5.92 Å². The first-order valence-electron chi connectivity index (χ1n) is 4.77. The Bertz CT molecular complexity index is 298. The lowest BCUT2D eigenvalue weighted by Gasteiger charge is -2.16. The van der Waals surface area contributed by atoms with E-state index in [4.69, 9.17) is 0 Å². The van der Waals surface area contributed by atoms with Crippen LogP contribution in [0.1, 0.15) is 24.9 Å². The Kier molecular flexibility index (Phi) is 2.32. The average Bonchev–Trinajstić information content (AvgIpc) is 2.52. The first-order chi connectivity index (χ1) is 6.29. The Morgan fingerprint density at radius 2 is 2.15 bits per heavy atom. The van der Waals surface area contributed by atoms with Gasteiger partial charge in [-0.05, 0) is 24.9 Å². The summed E-state index contributed by atoms with van der Waals surface area (Å²) in [6, 6.07) is 7.24. The average molecular weight is 179 g/mol. The molecule has 1 aromatic carbocycles. The molecule has 0 amide bonds. The highest BCUT2D eigenvalue weighted by molar-refractivity contribution is 5.22. The highest BCUT2D eigenvalue weighted by Gasteiger charge is 2.25. The molecule has 70 valence electrons. The third-order valence-electron chi connectivity index (χ3n) is 2.77. The van der Waals surface area contributed by atoms with E-state index >= 15 is 0 Å². The van der Waals surface area contributed by atoms with Gasteiger partial charge in [-0.3, -0.25) is 0 Å². The van der Waals surface area contributed by atoms with Crippen LogP contribution in [0.15, 0.2) is 24.3 Å². The minimum atomic E-state index is -0.0891. The van der Waals surface area contributed by atoms with Crippen LogP contribution in [0.25, 0.3) is 0 Å². The van der Waals surface area contributed by atoms with Gasteiger partial charge in [0.1, 0.15) is 5.82 Å². The van der Waals surface area contributed by atoms with E-state index in [-0.39, 0.29) is 11.9 Å². The molecule has 1 aliphatic rings. The first-order valence-corrected chi connectivity index (χ1v) is 4.77. The Hall–Kier alpha value is -0.890. The number of halogens is 1. The summed E-state index contributed by atoms with van der Waals surface area (Å²) in [6.07, 6.45) is 1.14. The zero-order chi connectivity index (χ0) is 9.26. The Labute approximate surface area is 78.0 Å². The van der Waals surface area contributed by atoms with Crippen LogP contribution in [-0.2, 0) is 0 Å². The molecule has 0 aromatic heterocycles. The number of hydrogen-bond acceptors (Lipinski definition) is 1. The molecule has 2 rings (SSSR count). The summed E-state index contributed by atoms with van der Waals surface area (Å²) >= 11 is 0. The minimum Gasteiger partial charge on any atom is -0.310 e. The lowest BCUT2D eigenvalue weighted by atomic mass is 9.96. The molecule has 0 radical (unpaired) electrons. The standard InChI is InChI=1S/C11H14FN/c1-8-6-7-13-11(8)9-4-2-3-5-10(9)12/h2-5,8,11,13H,6-7H2,1H3/t8-,11-/m1/s1. The molecule has 0 aliphatic carbocycles. The van der Waals surface area contributed by atoms with Crippen LogP contribution in [0.5, 0.6) is 0 Å². The predicted molar refractivity (Wildman–Crippen MR) is 50.9 cm³/mol. The van der Waals surface area contributed by atoms with Crippen molar-refractivity contribution in [2.45, 2.75) is 19.4 Å². The fourth-order valence-corrected chi connectivity index (χ4v) is 1.98. The summed E-state index contributed by atoms with van der Waals surface area (Å²) in [7, 11) is 0. The summed E-state index contributed by atoms with van der Waals surface area (Å²) in [4.78, 5) is 0. The van der Waals surface area contributed by atoms with Gasteiger partial charge in [0, 0.05) is 11.6 Å². The molecule has 0 spiro atoms. The van der Waals surface area contributed by atoms with E-state index in [1.165, 1.54) is 6.07 Å². The van der Waals surface area contributed by atoms with Crippen molar-refractivity contribution in [3.8, 4) is 0 Å². The second-order valence-corrected chi connectivity index (χ2v) is 3.72. The molecular formula is C11H14FN. The minimum absolute atomic E-state index is 0.0891. The van der Waals surface area contributed by atoms with Crippen LogP contribution >= 0.6 is 0 Å². The van der Waals surface area contributed by atoms with Gasteiger partial charge in [0.15, 0.2) is 0 Å². The van der Waals surface area contributed by atoms with E-state index in [0.717, 1.165) is 18.5 Å². The van der Waals surface area contributed by atoms with Crippen molar-refractivity contribution in [2.75, 3.05) is 6.54 Å². The zero-order valence-electron chi connectivity index (χ0n) is 7.76. The van der Waals surface area contributed by atoms with Crippen LogP contribution in [-0.4, -0.2) is 6.54 Å². The third-order valence-corrected chi connectivity index (χ3v) is 2.77. The molecule has 1 fully saturated rings. The van der Waals surface area contributed by atoms with E-state index in [1.54, 1.807) is 6.07 Å². The maximum absolute atomic E-state index is 13.4. The molecule has 1 aliphatic heterocycles. The number of hydrogen-bond donors (Lipinski definition) is 1. The molecule has 1 aromatic rings. The van der Waals surface area contributed by atoms with Crippen molar-refractivity contribution in [3.05, 3.63) is 35.6 Å². The molecule has 2 heteroatoms. The number of benzene rings is 1. The van der Waals surface area contributed by atoms with Crippen molar-refractivity contribution in [1.29, 1.82) is 0 Å². The molecule has 0 unspecified atom stereocenters. The van der Waals surface area contributed by atoms with E-state index in [1.807, 2.05) is 12.1 Å². The van der Waals surface area contributed by atoms with Crippen LogP contribution in [0, 0.1) is 11.7 Å². The fourth-order valence-electron chi connectivity index (χ4n) is 1.98. The summed E-state index contributed by atoms with van der Waals surface area (Å²) in [6.45, 7) is 3.16. The summed E-state index contributed by atoms with van der Waals surface area (Å²) in [5.74, 6) is 0.450. The maximum Gasteiger partial charge on any atom is 0.127 e. The van der Waals surface area contributed by atoms with Crippen molar-refractivity contribution in [2.24, 2.45) is 5.92 Å². The lowest BCUT2D eigenvalue weighted by Crippen LogP contribution is -2.17. The van der Waals surface area contributed by atoms with Crippen molar-refractivity contribution >= 4 is 0 Å². The van der Waals surface area contributed by atoms with Crippen molar-refractivity contribution in [1.82, 2.24) is 5.32 Å². The molecular weight excluding hydrogens is 165 g/mol. The Morgan fingerprint density at radius 3 is 2.77 bits per heavy atom. The number of nitrogens with one attached hydrogen (secondary N) is 1. The van der Waals surface area contributed by atoms with Gasteiger partial charge in [0.25, 0.3) is 0 Å². The molecule has 1 saturated heterocycles. The summed E-state index contributed by atoms with van der Waals surface area (Å²) in [5, 5.41) is 3.32. The fraction of sp³-hybridized carbons (Fsp3) is 0.455. The molecule has 13 heavy (non-hydrogen) atoms. The third kappa shape index (κ3) is 1.59. The van der Waals surface area contributed by atoms with Gasteiger partial charge in [-0.15, -0.1) is 0 Å². The molecule has 2 atom stereocenters. The van der Waals surface area contributed by atoms with Crippen molar-refractivity contribution < 1.29 is 4.39 Å². The van der Waals surface area contributed by atoms with Gasteiger partial charge in [0.2, 0.25) is 0 Å². The highest BCUT2D eigenvalue weighted by Crippen LogP contribution is 2.30. The zero-order valence-corrected chi connectivity index (χ0v) is 7.76. The lowest BCUT2D eigenvalue weighted by molar-refractivity contribution is 0.475. The Balaban J connectivity index is 2.29. The number of rotatable bonds is 1. The summed E-state index contributed by atoms with van der Waals surface area (Å²) in [5.41, 5.74) is 0.813. The largest absolute Gasteiger partial charge is 0.310 e. The van der Waals surface area contributed by atoms with E-state index in [9.17, 15) is 4.39 Å². The normalized spacial score (nSPS) is 27.8. The van der Waals surface area contributed by atoms with Gasteiger partial charge >= 0.3 is 0 Å². The van der Waals surface area contributed by atoms with Crippen LogP contribution < -0.4 is 5.32 Å². The molecule has 1 nitrogen and oxygen atoms in total. The van der Waals surface area contributed by atoms with Crippen molar-refractivity contribution in [3.63, 3.8) is 0 Å². The monoisotopic (exact) mass is 179 g/mol. The van der Waals surface area contributed by atoms with Gasteiger partial charge in [-0.1, -0.05) is 25.1 Å². The quantitative estimate of drug-likeness (QED) is 0.698. The van der Waals surface area contributed by atoms with Gasteiger partial charge in [-0.2, -0.15) is 0 Å². The van der Waals surface area contributed by atoms with E-state index < -0.39 is 0 Å². The smallest absolute Gasteiger partial charge is 0.127 e. The second kappa shape index (κ2) is 3.46. The van der Waals surface area contributed by atoms with Crippen LogP contribution in [0.4, 0.5) is 4.39 Å². The predicted octanol–water partition coefficient (Wildman–Crippen LogP) is 2.50. The van der Waals surface area contributed by atoms with Crippen LogP contribution in [0.2, 0.25) is 0 Å². The summed E-state index contributed by atoms with van der Waals surface area (Å²) < 4.78 is 13.4. The van der Waals surface area contributed by atoms with Gasteiger partial charge in [-0.25, -0.2) is 4.39 Å². The highest BCUT2D eigenvalue weighted by atomic mass is 19.1. The maximum atomic E-state index is 13.4. The molecule has 1 heterocycles.